The molecule has 4 heteroatoms. The molecule has 0 radical (unpaired) electrons. The van der Waals surface area contributed by atoms with Crippen molar-refractivity contribution in [3.8, 4) is 0 Å². The van der Waals surface area contributed by atoms with Crippen molar-refractivity contribution in [2.45, 2.75) is 25.8 Å². The van der Waals surface area contributed by atoms with Crippen LogP contribution in [0, 0.1) is 0 Å². The highest BCUT2D eigenvalue weighted by molar-refractivity contribution is 6.31. The average molecular weight is 276 g/mol. The lowest BCUT2D eigenvalue weighted by molar-refractivity contribution is 0.635. The lowest BCUT2D eigenvalue weighted by Gasteiger charge is -2.18. The third kappa shape index (κ3) is 3.32. The number of nitrogens with one attached hydrogen (secondary N) is 1. The number of hydrazine groups is 1. The van der Waals surface area contributed by atoms with Crippen LogP contribution in [0.4, 0.5) is 0 Å². The molecule has 100 valence electrons. The Morgan fingerprint density at radius 1 is 1.37 bits per heavy atom. The van der Waals surface area contributed by atoms with Crippen LogP contribution in [0.5, 0.6) is 0 Å². The van der Waals surface area contributed by atoms with E-state index in [2.05, 4.69) is 41.6 Å². The molecule has 0 spiro atoms. The van der Waals surface area contributed by atoms with Crippen LogP contribution in [0.25, 0.3) is 0 Å². The van der Waals surface area contributed by atoms with Crippen molar-refractivity contribution in [3.05, 3.63) is 64.4 Å². The largest absolute Gasteiger partial charge is 0.271 e. The fourth-order valence-corrected chi connectivity index (χ4v) is 2.43. The highest BCUT2D eigenvalue weighted by atomic mass is 35.5. The summed E-state index contributed by atoms with van der Waals surface area (Å²) in [6.07, 6.45) is 5.55. The Bertz CT molecular complexity index is 542. The maximum atomic E-state index is 6.19. The first-order valence-corrected chi connectivity index (χ1v) is 6.78. The number of hydrogen-bond donors (Lipinski definition) is 2. The summed E-state index contributed by atoms with van der Waals surface area (Å²) in [5.41, 5.74) is 6.19. The van der Waals surface area contributed by atoms with Crippen molar-refractivity contribution in [3.63, 3.8) is 0 Å². The predicted octanol–water partition coefficient (Wildman–Crippen LogP) is 3.24. The number of pyridine rings is 1. The SMILES string of the molecule is CCCc1cccc(C(NN)c2ccncc2Cl)c1. The zero-order chi connectivity index (χ0) is 13.7. The molecule has 0 aliphatic carbocycles. The van der Waals surface area contributed by atoms with E-state index >= 15 is 0 Å². The molecule has 0 amide bonds. The lowest BCUT2D eigenvalue weighted by atomic mass is 9.97. The normalized spacial score (nSPS) is 12.4. The van der Waals surface area contributed by atoms with Gasteiger partial charge in [0.25, 0.3) is 0 Å². The molecule has 1 atom stereocenters. The predicted molar refractivity (Wildman–Crippen MR) is 78.9 cm³/mol. The molecule has 0 aliphatic heterocycles. The molecule has 19 heavy (non-hydrogen) atoms. The molecule has 3 nitrogen and oxygen atoms in total. The standard InChI is InChI=1S/C15H18ClN3/c1-2-4-11-5-3-6-12(9-11)15(19-17)13-7-8-18-10-14(13)16/h3,5-10,15,19H,2,4,17H2,1H3. The van der Waals surface area contributed by atoms with E-state index in [9.17, 15) is 0 Å². The van der Waals surface area contributed by atoms with Crippen LogP contribution in [0.3, 0.4) is 0 Å². The van der Waals surface area contributed by atoms with Gasteiger partial charge in [0.2, 0.25) is 0 Å². The number of benzene rings is 1. The zero-order valence-corrected chi connectivity index (χ0v) is 11.7. The topological polar surface area (TPSA) is 50.9 Å². The van der Waals surface area contributed by atoms with Gasteiger partial charge in [-0.05, 0) is 29.2 Å². The van der Waals surface area contributed by atoms with Gasteiger partial charge in [-0.2, -0.15) is 0 Å². The van der Waals surface area contributed by atoms with E-state index in [1.54, 1.807) is 12.4 Å². The van der Waals surface area contributed by atoms with E-state index in [1.165, 1.54) is 5.56 Å². The number of aromatic nitrogens is 1. The van der Waals surface area contributed by atoms with E-state index in [-0.39, 0.29) is 6.04 Å². The summed E-state index contributed by atoms with van der Waals surface area (Å²) in [7, 11) is 0. The van der Waals surface area contributed by atoms with Crippen molar-refractivity contribution in [2.75, 3.05) is 0 Å². The summed E-state index contributed by atoms with van der Waals surface area (Å²) >= 11 is 6.19. The summed E-state index contributed by atoms with van der Waals surface area (Å²) in [6, 6.07) is 10.2. The maximum absolute atomic E-state index is 6.19. The van der Waals surface area contributed by atoms with Gasteiger partial charge in [0, 0.05) is 12.4 Å². The van der Waals surface area contributed by atoms with Crippen molar-refractivity contribution < 1.29 is 0 Å². The van der Waals surface area contributed by atoms with Crippen molar-refractivity contribution in [2.24, 2.45) is 5.84 Å². The minimum atomic E-state index is -0.118. The zero-order valence-electron chi connectivity index (χ0n) is 10.9. The van der Waals surface area contributed by atoms with Crippen molar-refractivity contribution in [1.29, 1.82) is 0 Å². The van der Waals surface area contributed by atoms with E-state index in [1.807, 2.05) is 6.07 Å². The molecule has 3 N–H and O–H groups in total. The first kappa shape index (κ1) is 14.0. The third-order valence-electron chi connectivity index (χ3n) is 3.10. The molecular formula is C15H18ClN3. The second-order valence-electron chi connectivity index (χ2n) is 4.49. The first-order chi connectivity index (χ1) is 9.26. The van der Waals surface area contributed by atoms with Gasteiger partial charge in [0.15, 0.2) is 0 Å². The van der Waals surface area contributed by atoms with Gasteiger partial charge in [0.05, 0.1) is 11.1 Å². The van der Waals surface area contributed by atoms with Gasteiger partial charge >= 0.3 is 0 Å². The smallest absolute Gasteiger partial charge is 0.0725 e. The number of nitrogens with zero attached hydrogens (tertiary/aromatic N) is 1. The van der Waals surface area contributed by atoms with E-state index in [0.29, 0.717) is 5.02 Å². The van der Waals surface area contributed by atoms with Crippen LogP contribution >= 0.6 is 11.6 Å². The summed E-state index contributed by atoms with van der Waals surface area (Å²) in [5.74, 6) is 5.70. The van der Waals surface area contributed by atoms with E-state index in [0.717, 1.165) is 24.0 Å². The van der Waals surface area contributed by atoms with Gasteiger partial charge in [0.1, 0.15) is 0 Å². The minimum absolute atomic E-state index is 0.118. The minimum Gasteiger partial charge on any atom is -0.271 e. The fraction of sp³-hybridized carbons (Fsp3) is 0.267. The molecular weight excluding hydrogens is 258 g/mol. The van der Waals surface area contributed by atoms with Crippen LogP contribution in [-0.4, -0.2) is 4.98 Å². The molecule has 2 aromatic rings. The van der Waals surface area contributed by atoms with Gasteiger partial charge in [-0.1, -0.05) is 49.2 Å². The van der Waals surface area contributed by atoms with Gasteiger partial charge < -0.3 is 0 Å². The molecule has 1 unspecified atom stereocenters. The maximum Gasteiger partial charge on any atom is 0.0725 e. The Morgan fingerprint density at radius 3 is 2.89 bits per heavy atom. The lowest BCUT2D eigenvalue weighted by Crippen LogP contribution is -2.29. The second-order valence-corrected chi connectivity index (χ2v) is 4.90. The average Bonchev–Trinajstić information content (AvgIpc) is 2.43. The fourth-order valence-electron chi connectivity index (χ4n) is 2.20. The second kappa shape index (κ2) is 6.66. The molecule has 1 aromatic carbocycles. The summed E-state index contributed by atoms with van der Waals surface area (Å²) in [5, 5.41) is 0.617. The highest BCUT2D eigenvalue weighted by Crippen LogP contribution is 2.27. The highest BCUT2D eigenvalue weighted by Gasteiger charge is 2.15. The van der Waals surface area contributed by atoms with Gasteiger partial charge in [-0.25, -0.2) is 5.43 Å². The van der Waals surface area contributed by atoms with Crippen LogP contribution < -0.4 is 11.3 Å². The van der Waals surface area contributed by atoms with Crippen LogP contribution in [0.2, 0.25) is 5.02 Å². The van der Waals surface area contributed by atoms with Gasteiger partial charge in [-0.15, -0.1) is 0 Å². The number of halogens is 1. The molecule has 1 heterocycles. The molecule has 2 rings (SSSR count). The summed E-state index contributed by atoms with van der Waals surface area (Å²) in [4.78, 5) is 4.00. The Labute approximate surface area is 118 Å². The summed E-state index contributed by atoms with van der Waals surface area (Å²) in [6.45, 7) is 2.17. The van der Waals surface area contributed by atoms with Crippen LogP contribution in [0.1, 0.15) is 36.1 Å². The quantitative estimate of drug-likeness (QED) is 0.651. The van der Waals surface area contributed by atoms with Crippen molar-refractivity contribution >= 4 is 11.6 Å². The molecule has 0 saturated carbocycles. The number of aryl methyl sites for hydroxylation is 1. The Balaban J connectivity index is 2.37. The van der Waals surface area contributed by atoms with Crippen LogP contribution in [-0.2, 0) is 6.42 Å². The number of hydrogen-bond acceptors (Lipinski definition) is 3. The molecule has 0 bridgehead atoms. The summed E-state index contributed by atoms with van der Waals surface area (Å²) < 4.78 is 0. The van der Waals surface area contributed by atoms with E-state index in [4.69, 9.17) is 17.4 Å². The molecule has 0 aliphatic rings. The van der Waals surface area contributed by atoms with Crippen LogP contribution in [0.15, 0.2) is 42.7 Å². The molecule has 0 fully saturated rings. The molecule has 0 saturated heterocycles. The monoisotopic (exact) mass is 275 g/mol. The number of rotatable bonds is 5. The Morgan fingerprint density at radius 2 is 2.21 bits per heavy atom. The number of nitrogens with two attached hydrogens (primary N) is 1. The van der Waals surface area contributed by atoms with E-state index < -0.39 is 0 Å². The Hall–Kier alpha value is -1.42. The first-order valence-electron chi connectivity index (χ1n) is 6.40. The van der Waals surface area contributed by atoms with Crippen molar-refractivity contribution in [1.82, 2.24) is 10.4 Å². The van der Waals surface area contributed by atoms with Gasteiger partial charge in [-0.3, -0.25) is 10.8 Å². The third-order valence-corrected chi connectivity index (χ3v) is 3.42. The Kier molecular flexibility index (Phi) is 4.91. The molecule has 1 aromatic heterocycles.